The van der Waals surface area contributed by atoms with Gasteiger partial charge < -0.3 is 10.0 Å². The summed E-state index contributed by atoms with van der Waals surface area (Å²) in [5.74, 6) is 0. The Morgan fingerprint density at radius 1 is 1.41 bits per heavy atom. The molecule has 1 fully saturated rings. The van der Waals surface area contributed by atoms with Crippen LogP contribution in [0.3, 0.4) is 0 Å². The van der Waals surface area contributed by atoms with E-state index in [1.54, 1.807) is 12.4 Å². The smallest absolute Gasteiger partial charge is 0.103 e. The molecule has 0 aliphatic carbocycles. The quantitative estimate of drug-likeness (QED) is 0.946. The van der Waals surface area contributed by atoms with Crippen LogP contribution in [0.2, 0.25) is 5.02 Å². The minimum Gasteiger partial charge on any atom is -0.388 e. The summed E-state index contributed by atoms with van der Waals surface area (Å²) in [5.41, 5.74) is 1.59. The average molecular weight is 314 g/mol. The minimum absolute atomic E-state index is 0.498. The summed E-state index contributed by atoms with van der Waals surface area (Å²) >= 11 is 6.00. The largest absolute Gasteiger partial charge is 0.388 e. The molecule has 22 heavy (non-hydrogen) atoms. The van der Waals surface area contributed by atoms with Crippen molar-refractivity contribution in [3.05, 3.63) is 58.9 Å². The molecule has 0 bridgehead atoms. The van der Waals surface area contributed by atoms with Crippen molar-refractivity contribution in [2.75, 3.05) is 18.0 Å². The fourth-order valence-corrected chi connectivity index (χ4v) is 3.20. The monoisotopic (exact) mass is 313 g/mol. The second-order valence-electron chi connectivity index (χ2n) is 5.71. The molecule has 5 heteroatoms. The van der Waals surface area contributed by atoms with Crippen molar-refractivity contribution >= 4 is 17.3 Å². The number of hydrogen-bond donors (Lipinski definition) is 1. The third-order valence-electron chi connectivity index (χ3n) is 4.01. The van der Waals surface area contributed by atoms with Gasteiger partial charge >= 0.3 is 0 Å². The first-order valence-electron chi connectivity index (χ1n) is 7.15. The van der Waals surface area contributed by atoms with Crippen LogP contribution in [0.4, 0.5) is 5.69 Å². The van der Waals surface area contributed by atoms with Gasteiger partial charge in [0.2, 0.25) is 0 Å². The van der Waals surface area contributed by atoms with E-state index >= 15 is 0 Å². The zero-order valence-corrected chi connectivity index (χ0v) is 12.8. The van der Waals surface area contributed by atoms with Gasteiger partial charge in [0, 0.05) is 36.9 Å². The van der Waals surface area contributed by atoms with E-state index in [4.69, 9.17) is 11.6 Å². The fraction of sp³-hybridized carbons (Fsp3) is 0.294. The highest BCUT2D eigenvalue weighted by molar-refractivity contribution is 6.30. The first-order chi connectivity index (χ1) is 10.6. The van der Waals surface area contributed by atoms with Crippen LogP contribution in [0.15, 0.2) is 42.7 Å². The summed E-state index contributed by atoms with van der Waals surface area (Å²) in [6, 6.07) is 11.6. The Hall–Kier alpha value is -2.09. The molecule has 1 unspecified atom stereocenters. The number of aliphatic hydroxyl groups is 1. The molecule has 3 rings (SSSR count). The lowest BCUT2D eigenvalue weighted by Gasteiger charge is -2.25. The van der Waals surface area contributed by atoms with E-state index in [1.165, 1.54) is 0 Å². The summed E-state index contributed by atoms with van der Waals surface area (Å²) in [4.78, 5) is 6.02. The van der Waals surface area contributed by atoms with E-state index in [0.29, 0.717) is 30.0 Å². The molecule has 1 aliphatic heterocycles. The van der Waals surface area contributed by atoms with Crippen LogP contribution in [0.1, 0.15) is 17.5 Å². The Bertz CT molecular complexity index is 728. The zero-order valence-electron chi connectivity index (χ0n) is 12.0. The maximum Gasteiger partial charge on any atom is 0.103 e. The molecule has 1 aromatic heterocycles. The molecule has 0 spiro atoms. The van der Waals surface area contributed by atoms with Crippen LogP contribution in [0, 0.1) is 11.3 Å². The number of halogens is 1. The molecular weight excluding hydrogens is 298 g/mol. The second kappa shape index (κ2) is 5.96. The number of hydrogen-bond acceptors (Lipinski definition) is 4. The summed E-state index contributed by atoms with van der Waals surface area (Å²) in [7, 11) is 0. The number of benzene rings is 1. The standard InChI is InChI=1S/C17H16ClN3O/c18-15-3-1-2-13(8-15)9-17(22)5-7-21(12-17)16-4-6-20-11-14(16)10-19/h1-4,6,8,11,22H,5,7,9,12H2. The van der Waals surface area contributed by atoms with Gasteiger partial charge in [-0.25, -0.2) is 0 Å². The summed E-state index contributed by atoms with van der Waals surface area (Å²) in [6.45, 7) is 1.22. The average Bonchev–Trinajstić information content (AvgIpc) is 2.89. The third kappa shape index (κ3) is 3.06. The van der Waals surface area contributed by atoms with E-state index in [2.05, 4.69) is 11.1 Å². The Morgan fingerprint density at radius 2 is 2.27 bits per heavy atom. The molecular formula is C17H16ClN3O. The van der Waals surface area contributed by atoms with Gasteiger partial charge in [-0.3, -0.25) is 4.98 Å². The first kappa shape index (κ1) is 14.8. The molecule has 0 amide bonds. The van der Waals surface area contributed by atoms with Crippen LogP contribution in [0.25, 0.3) is 0 Å². The Kier molecular flexibility index (Phi) is 4.02. The maximum atomic E-state index is 10.8. The molecule has 0 saturated carbocycles. The molecule has 1 aliphatic rings. The van der Waals surface area contributed by atoms with Crippen LogP contribution in [0.5, 0.6) is 0 Å². The number of anilines is 1. The van der Waals surface area contributed by atoms with Crippen molar-refractivity contribution in [3.63, 3.8) is 0 Å². The van der Waals surface area contributed by atoms with Crippen LogP contribution < -0.4 is 4.90 Å². The van der Waals surface area contributed by atoms with E-state index in [1.807, 2.05) is 35.2 Å². The van der Waals surface area contributed by atoms with Gasteiger partial charge in [-0.1, -0.05) is 23.7 Å². The predicted octanol–water partition coefficient (Wildman–Crippen LogP) is 2.79. The summed E-state index contributed by atoms with van der Waals surface area (Å²) < 4.78 is 0. The lowest BCUT2D eigenvalue weighted by atomic mass is 9.94. The number of pyridine rings is 1. The number of nitrogens with zero attached hydrogens (tertiary/aromatic N) is 3. The van der Waals surface area contributed by atoms with Crippen LogP contribution in [-0.2, 0) is 6.42 Å². The summed E-state index contributed by atoms with van der Waals surface area (Å²) in [6.07, 6.45) is 4.44. The van der Waals surface area contributed by atoms with Crippen molar-refractivity contribution in [2.24, 2.45) is 0 Å². The van der Waals surface area contributed by atoms with Crippen LogP contribution >= 0.6 is 11.6 Å². The Morgan fingerprint density at radius 3 is 3.05 bits per heavy atom. The van der Waals surface area contributed by atoms with Crippen molar-refractivity contribution in [1.82, 2.24) is 4.98 Å². The molecule has 1 atom stereocenters. The zero-order chi connectivity index (χ0) is 15.6. The van der Waals surface area contributed by atoms with E-state index in [9.17, 15) is 10.4 Å². The lowest BCUT2D eigenvalue weighted by Crippen LogP contribution is -2.35. The van der Waals surface area contributed by atoms with Gasteiger partial charge in [-0.05, 0) is 30.2 Å². The van der Waals surface area contributed by atoms with Crippen molar-refractivity contribution < 1.29 is 5.11 Å². The SMILES string of the molecule is N#Cc1cnccc1N1CCC(O)(Cc2cccc(Cl)c2)C1. The number of nitriles is 1. The Labute approximate surface area is 134 Å². The normalized spacial score (nSPS) is 20.9. The van der Waals surface area contributed by atoms with Gasteiger partial charge in [-0.15, -0.1) is 0 Å². The van der Waals surface area contributed by atoms with Gasteiger partial charge in [0.1, 0.15) is 6.07 Å². The molecule has 2 heterocycles. The van der Waals surface area contributed by atoms with Crippen LogP contribution in [-0.4, -0.2) is 28.8 Å². The number of β-amino-alcohol motifs (C(OH)–C–C–N with tert-alkyl or cyclic N) is 1. The molecule has 112 valence electrons. The molecule has 4 nitrogen and oxygen atoms in total. The maximum absolute atomic E-state index is 10.8. The number of rotatable bonds is 3. The lowest BCUT2D eigenvalue weighted by molar-refractivity contribution is 0.0637. The first-order valence-corrected chi connectivity index (χ1v) is 7.53. The summed E-state index contributed by atoms with van der Waals surface area (Å²) in [5, 5.41) is 20.7. The van der Waals surface area contributed by atoms with E-state index in [-0.39, 0.29) is 0 Å². The topological polar surface area (TPSA) is 60.2 Å². The fourth-order valence-electron chi connectivity index (χ4n) is 2.98. The van der Waals surface area contributed by atoms with Gasteiger partial charge in [-0.2, -0.15) is 5.26 Å². The Balaban J connectivity index is 1.77. The molecule has 2 aromatic rings. The van der Waals surface area contributed by atoms with E-state index < -0.39 is 5.60 Å². The third-order valence-corrected chi connectivity index (χ3v) is 4.25. The highest BCUT2D eigenvalue weighted by atomic mass is 35.5. The van der Waals surface area contributed by atoms with Gasteiger partial charge in [0.15, 0.2) is 0 Å². The molecule has 1 saturated heterocycles. The van der Waals surface area contributed by atoms with Crippen molar-refractivity contribution in [3.8, 4) is 6.07 Å². The molecule has 1 aromatic carbocycles. The van der Waals surface area contributed by atoms with Gasteiger partial charge in [0.05, 0.1) is 16.9 Å². The molecule has 1 N–H and O–H groups in total. The molecule has 0 radical (unpaired) electrons. The minimum atomic E-state index is -0.805. The highest BCUT2D eigenvalue weighted by Crippen LogP contribution is 2.31. The number of aromatic nitrogens is 1. The second-order valence-corrected chi connectivity index (χ2v) is 6.14. The van der Waals surface area contributed by atoms with Crippen molar-refractivity contribution in [2.45, 2.75) is 18.4 Å². The highest BCUT2D eigenvalue weighted by Gasteiger charge is 2.36. The van der Waals surface area contributed by atoms with Crippen molar-refractivity contribution in [1.29, 1.82) is 5.26 Å². The predicted molar refractivity (Wildman–Crippen MR) is 85.9 cm³/mol. The van der Waals surface area contributed by atoms with E-state index in [0.717, 1.165) is 17.8 Å². The van der Waals surface area contributed by atoms with Gasteiger partial charge in [0.25, 0.3) is 0 Å².